The highest BCUT2D eigenvalue weighted by atomic mass is 127. The number of methoxy groups -OCH3 is 1. The summed E-state index contributed by atoms with van der Waals surface area (Å²) in [6, 6.07) is 16.2. The summed E-state index contributed by atoms with van der Waals surface area (Å²) >= 11 is 0. The van der Waals surface area contributed by atoms with Gasteiger partial charge in [0.2, 0.25) is 0 Å². The van der Waals surface area contributed by atoms with Crippen LogP contribution in [0, 0.1) is 5.41 Å². The second-order valence-electron chi connectivity index (χ2n) is 8.13. The number of nitrogens with one attached hydrogen (secondary N) is 1. The molecule has 1 unspecified atom stereocenters. The van der Waals surface area contributed by atoms with Gasteiger partial charge in [0.25, 0.3) is 0 Å². The number of guanidine groups is 1. The topological polar surface area (TPSA) is 55.3 Å². The first-order chi connectivity index (χ1) is 14.7. The molecule has 1 atom stereocenters. The van der Waals surface area contributed by atoms with Crippen molar-refractivity contribution in [1.82, 2.24) is 10.2 Å². The summed E-state index contributed by atoms with van der Waals surface area (Å²) in [6.45, 7) is 5.01. The van der Waals surface area contributed by atoms with Crippen LogP contribution in [-0.2, 0) is 17.9 Å². The van der Waals surface area contributed by atoms with Crippen LogP contribution in [0.25, 0.3) is 0 Å². The zero-order valence-corrected chi connectivity index (χ0v) is 20.6. The van der Waals surface area contributed by atoms with E-state index >= 15 is 0 Å². The lowest BCUT2D eigenvalue weighted by Gasteiger charge is -2.25. The van der Waals surface area contributed by atoms with Crippen LogP contribution < -0.4 is 14.8 Å². The molecule has 4 rings (SSSR count). The number of hydrogen-bond donors (Lipinski definition) is 1. The van der Waals surface area contributed by atoms with Gasteiger partial charge in [0, 0.05) is 38.7 Å². The van der Waals surface area contributed by atoms with Gasteiger partial charge in [-0.15, -0.1) is 24.0 Å². The van der Waals surface area contributed by atoms with E-state index in [2.05, 4.69) is 33.4 Å². The molecular weight excluding hydrogens is 505 g/mol. The summed E-state index contributed by atoms with van der Waals surface area (Å²) < 4.78 is 17.2. The van der Waals surface area contributed by atoms with Crippen LogP contribution in [0.5, 0.6) is 11.5 Å². The minimum atomic E-state index is 0. The van der Waals surface area contributed by atoms with Gasteiger partial charge in [0.15, 0.2) is 17.5 Å². The number of likely N-dealkylation sites (tertiary alicyclic amines) is 1. The van der Waals surface area contributed by atoms with E-state index in [1.807, 2.05) is 37.4 Å². The Morgan fingerprint density at radius 2 is 1.97 bits per heavy atom. The third kappa shape index (κ3) is 5.83. The van der Waals surface area contributed by atoms with Crippen molar-refractivity contribution in [2.75, 3.05) is 40.5 Å². The van der Waals surface area contributed by atoms with E-state index in [1.54, 1.807) is 7.11 Å². The fourth-order valence-electron chi connectivity index (χ4n) is 4.28. The van der Waals surface area contributed by atoms with E-state index in [-0.39, 0.29) is 24.0 Å². The molecule has 0 aliphatic carbocycles. The predicted octanol–water partition coefficient (Wildman–Crippen LogP) is 4.08. The Morgan fingerprint density at radius 1 is 1.13 bits per heavy atom. The standard InChI is InChI=1S/C24H31N3O3.HI/c1-25-23(27-12-10-24(17-27)11-13-29-18-24)26-15-20-8-9-21(22(14-20)28-2)30-16-19-6-4-3-5-7-19;/h3-9,14H,10-13,15-18H2,1-2H3,(H,25,26);1H. The summed E-state index contributed by atoms with van der Waals surface area (Å²) in [5, 5.41) is 3.50. The maximum Gasteiger partial charge on any atom is 0.193 e. The Labute approximate surface area is 202 Å². The van der Waals surface area contributed by atoms with Gasteiger partial charge in [-0.25, -0.2) is 0 Å². The van der Waals surface area contributed by atoms with Gasteiger partial charge >= 0.3 is 0 Å². The van der Waals surface area contributed by atoms with Crippen molar-refractivity contribution in [1.29, 1.82) is 0 Å². The van der Waals surface area contributed by atoms with Crippen molar-refractivity contribution in [3.8, 4) is 11.5 Å². The number of aliphatic imine (C=N–C) groups is 1. The Morgan fingerprint density at radius 3 is 2.68 bits per heavy atom. The third-order valence-corrected chi connectivity index (χ3v) is 6.05. The fourth-order valence-corrected chi connectivity index (χ4v) is 4.28. The molecular formula is C24H32IN3O3. The van der Waals surface area contributed by atoms with E-state index < -0.39 is 0 Å². The highest BCUT2D eigenvalue weighted by molar-refractivity contribution is 14.0. The van der Waals surface area contributed by atoms with E-state index in [1.165, 1.54) is 6.42 Å². The molecule has 0 saturated carbocycles. The van der Waals surface area contributed by atoms with Gasteiger partial charge in [0.05, 0.1) is 13.7 Å². The van der Waals surface area contributed by atoms with Crippen LogP contribution in [0.15, 0.2) is 53.5 Å². The molecule has 7 heteroatoms. The summed E-state index contributed by atoms with van der Waals surface area (Å²) in [5.74, 6) is 2.43. The summed E-state index contributed by atoms with van der Waals surface area (Å²) in [7, 11) is 3.52. The third-order valence-electron chi connectivity index (χ3n) is 6.05. The van der Waals surface area contributed by atoms with Crippen LogP contribution in [-0.4, -0.2) is 51.3 Å². The Balaban J connectivity index is 0.00000272. The molecule has 2 aliphatic rings. The van der Waals surface area contributed by atoms with Gasteiger partial charge < -0.3 is 24.4 Å². The molecule has 0 radical (unpaired) electrons. The van der Waals surface area contributed by atoms with Gasteiger partial charge in [0.1, 0.15) is 6.61 Å². The lowest BCUT2D eigenvalue weighted by molar-refractivity contribution is 0.156. The summed E-state index contributed by atoms with van der Waals surface area (Å²) in [6.07, 6.45) is 2.33. The zero-order chi connectivity index (χ0) is 20.8. The Kier molecular flexibility index (Phi) is 8.43. The zero-order valence-electron chi connectivity index (χ0n) is 18.3. The van der Waals surface area contributed by atoms with Crippen molar-refractivity contribution in [3.05, 3.63) is 59.7 Å². The molecule has 2 fully saturated rings. The molecule has 0 bridgehead atoms. The average Bonchev–Trinajstić information content (AvgIpc) is 3.43. The largest absolute Gasteiger partial charge is 0.493 e. The van der Waals surface area contributed by atoms with Gasteiger partial charge in [-0.3, -0.25) is 4.99 Å². The van der Waals surface area contributed by atoms with E-state index in [9.17, 15) is 0 Å². The van der Waals surface area contributed by atoms with Crippen LogP contribution in [0.1, 0.15) is 24.0 Å². The van der Waals surface area contributed by atoms with E-state index in [4.69, 9.17) is 14.2 Å². The molecule has 0 aromatic heterocycles. The van der Waals surface area contributed by atoms with Gasteiger partial charge in [-0.2, -0.15) is 0 Å². The molecule has 2 aromatic carbocycles. The van der Waals surface area contributed by atoms with Crippen molar-refractivity contribution in [2.24, 2.45) is 10.4 Å². The highest BCUT2D eigenvalue weighted by Crippen LogP contribution is 2.38. The Bertz CT molecular complexity index is 870. The molecule has 2 heterocycles. The smallest absolute Gasteiger partial charge is 0.193 e. The number of halogens is 1. The quantitative estimate of drug-likeness (QED) is 0.342. The number of ether oxygens (including phenoxy) is 3. The lowest BCUT2D eigenvalue weighted by Crippen LogP contribution is -2.41. The monoisotopic (exact) mass is 537 g/mol. The average molecular weight is 537 g/mol. The molecule has 31 heavy (non-hydrogen) atoms. The number of benzene rings is 2. The maximum atomic E-state index is 5.96. The highest BCUT2D eigenvalue weighted by Gasteiger charge is 2.42. The molecule has 1 N–H and O–H groups in total. The van der Waals surface area contributed by atoms with Crippen LogP contribution >= 0.6 is 24.0 Å². The maximum absolute atomic E-state index is 5.96. The molecule has 6 nitrogen and oxygen atoms in total. The molecule has 1 spiro atoms. The number of rotatable bonds is 6. The normalized spacial score (nSPS) is 20.6. The first-order valence-corrected chi connectivity index (χ1v) is 10.6. The first-order valence-electron chi connectivity index (χ1n) is 10.6. The van der Waals surface area contributed by atoms with Crippen LogP contribution in [0.4, 0.5) is 0 Å². The SMILES string of the molecule is CN=C(NCc1ccc(OCc2ccccc2)c(OC)c1)N1CCC2(CCOC2)C1.I. The van der Waals surface area contributed by atoms with Gasteiger partial charge in [-0.1, -0.05) is 36.4 Å². The van der Waals surface area contributed by atoms with Crippen molar-refractivity contribution in [3.63, 3.8) is 0 Å². The lowest BCUT2D eigenvalue weighted by atomic mass is 9.87. The number of hydrogen-bond acceptors (Lipinski definition) is 4. The van der Waals surface area contributed by atoms with E-state index in [0.29, 0.717) is 18.6 Å². The first kappa shape index (κ1) is 23.7. The van der Waals surface area contributed by atoms with Crippen LogP contribution in [0.2, 0.25) is 0 Å². The van der Waals surface area contributed by atoms with Crippen molar-refractivity contribution < 1.29 is 14.2 Å². The molecule has 168 valence electrons. The number of nitrogens with zero attached hydrogens (tertiary/aromatic N) is 2. The van der Waals surface area contributed by atoms with Crippen molar-refractivity contribution >= 4 is 29.9 Å². The van der Waals surface area contributed by atoms with Crippen LogP contribution in [0.3, 0.4) is 0 Å². The van der Waals surface area contributed by atoms with E-state index in [0.717, 1.165) is 61.3 Å². The second kappa shape index (κ2) is 11.0. The Hall–Kier alpha value is -2.00. The summed E-state index contributed by atoms with van der Waals surface area (Å²) in [5.41, 5.74) is 2.57. The van der Waals surface area contributed by atoms with Crippen molar-refractivity contribution in [2.45, 2.75) is 26.0 Å². The minimum absolute atomic E-state index is 0. The second-order valence-corrected chi connectivity index (χ2v) is 8.13. The molecule has 0 amide bonds. The minimum Gasteiger partial charge on any atom is -0.493 e. The van der Waals surface area contributed by atoms with Gasteiger partial charge in [-0.05, 0) is 36.1 Å². The molecule has 2 saturated heterocycles. The molecule has 2 aromatic rings. The fraction of sp³-hybridized carbons (Fsp3) is 0.458. The summed E-state index contributed by atoms with van der Waals surface area (Å²) in [4.78, 5) is 6.85. The molecule has 2 aliphatic heterocycles. The predicted molar refractivity (Wildman–Crippen MR) is 133 cm³/mol.